The lowest BCUT2D eigenvalue weighted by molar-refractivity contribution is 0.0698. The van der Waals surface area contributed by atoms with Crippen LogP contribution in [0.1, 0.15) is 16.8 Å². The van der Waals surface area contributed by atoms with E-state index in [1.807, 2.05) is 6.07 Å². The minimum absolute atomic E-state index is 0.321. The van der Waals surface area contributed by atoms with E-state index in [1.165, 1.54) is 0 Å². The molecular weight excluding hydrogens is 206 g/mol. The lowest BCUT2D eigenvalue weighted by Gasteiger charge is -2.12. The van der Waals surface area contributed by atoms with Gasteiger partial charge in [0.15, 0.2) is 0 Å². The molecule has 2 rings (SSSR count). The van der Waals surface area contributed by atoms with Gasteiger partial charge in [-0.15, -0.1) is 0 Å². The van der Waals surface area contributed by atoms with Crippen LogP contribution in [0.15, 0.2) is 24.3 Å². The van der Waals surface area contributed by atoms with E-state index in [4.69, 9.17) is 9.84 Å². The Kier molecular flexibility index (Phi) is 3.41. The third kappa shape index (κ3) is 2.52. The van der Waals surface area contributed by atoms with Gasteiger partial charge in [-0.05, 0) is 18.6 Å². The summed E-state index contributed by atoms with van der Waals surface area (Å²) in [5, 5.41) is 12.2. The molecule has 86 valence electrons. The van der Waals surface area contributed by atoms with E-state index in [0.717, 1.165) is 26.2 Å². The zero-order chi connectivity index (χ0) is 11.4. The average molecular weight is 221 g/mol. The highest BCUT2D eigenvalue weighted by Crippen LogP contribution is 2.18. The maximum absolute atomic E-state index is 11.0. The number of hydrogen-bond acceptors (Lipinski definition) is 3. The Hall–Kier alpha value is -1.55. The van der Waals surface area contributed by atoms with Crippen molar-refractivity contribution in [3.05, 3.63) is 29.8 Å². The number of aromatic carboxylic acids is 1. The number of para-hydroxylation sites is 1. The summed E-state index contributed by atoms with van der Waals surface area (Å²) >= 11 is 0. The lowest BCUT2D eigenvalue weighted by atomic mass is 10.1. The van der Waals surface area contributed by atoms with Gasteiger partial charge in [0.05, 0.1) is 12.2 Å². The fourth-order valence-corrected chi connectivity index (χ4v) is 1.82. The van der Waals surface area contributed by atoms with Crippen molar-refractivity contribution in [1.82, 2.24) is 0 Å². The predicted octanol–water partition coefficient (Wildman–Crippen LogP) is 1.83. The molecular formula is C12H15NO3. The van der Waals surface area contributed by atoms with Crippen LogP contribution in [0.3, 0.4) is 0 Å². The summed E-state index contributed by atoms with van der Waals surface area (Å²) in [6, 6.07) is 6.96. The van der Waals surface area contributed by atoms with Gasteiger partial charge < -0.3 is 15.2 Å². The molecule has 1 heterocycles. The SMILES string of the molecule is O=C(O)c1ccccc1NCC1CCOC1. The van der Waals surface area contributed by atoms with Crippen LogP contribution in [-0.4, -0.2) is 30.8 Å². The number of benzene rings is 1. The molecule has 1 atom stereocenters. The van der Waals surface area contributed by atoms with Crippen LogP contribution in [0.5, 0.6) is 0 Å². The van der Waals surface area contributed by atoms with Crippen molar-refractivity contribution in [3.8, 4) is 0 Å². The number of anilines is 1. The van der Waals surface area contributed by atoms with Gasteiger partial charge >= 0.3 is 5.97 Å². The fourth-order valence-electron chi connectivity index (χ4n) is 1.82. The van der Waals surface area contributed by atoms with E-state index in [2.05, 4.69) is 5.32 Å². The molecule has 0 aliphatic carbocycles. The van der Waals surface area contributed by atoms with Gasteiger partial charge in [-0.25, -0.2) is 4.79 Å². The fraction of sp³-hybridized carbons (Fsp3) is 0.417. The van der Waals surface area contributed by atoms with Gasteiger partial charge in [-0.3, -0.25) is 0 Å². The normalized spacial score (nSPS) is 19.6. The third-order valence-corrected chi connectivity index (χ3v) is 2.76. The third-order valence-electron chi connectivity index (χ3n) is 2.76. The number of carboxylic acid groups (broad SMARTS) is 1. The van der Waals surface area contributed by atoms with Crippen molar-refractivity contribution in [3.63, 3.8) is 0 Å². The van der Waals surface area contributed by atoms with Crippen LogP contribution in [0.2, 0.25) is 0 Å². The van der Waals surface area contributed by atoms with Crippen molar-refractivity contribution in [1.29, 1.82) is 0 Å². The summed E-state index contributed by atoms with van der Waals surface area (Å²) in [5.74, 6) is -0.410. The second kappa shape index (κ2) is 4.99. The molecule has 1 unspecified atom stereocenters. The number of carbonyl (C=O) groups is 1. The molecule has 1 saturated heterocycles. The Morgan fingerprint density at radius 2 is 2.31 bits per heavy atom. The molecule has 1 aromatic carbocycles. The Labute approximate surface area is 94.2 Å². The highest BCUT2D eigenvalue weighted by molar-refractivity contribution is 5.94. The number of hydrogen-bond donors (Lipinski definition) is 2. The Bertz CT molecular complexity index is 372. The molecule has 4 nitrogen and oxygen atoms in total. The van der Waals surface area contributed by atoms with Gasteiger partial charge in [0.1, 0.15) is 0 Å². The Morgan fingerprint density at radius 1 is 1.50 bits per heavy atom. The summed E-state index contributed by atoms with van der Waals surface area (Å²) < 4.78 is 5.27. The number of carboxylic acids is 1. The topological polar surface area (TPSA) is 58.6 Å². The molecule has 1 aliphatic heterocycles. The van der Waals surface area contributed by atoms with Crippen LogP contribution in [0.25, 0.3) is 0 Å². The molecule has 1 aromatic rings. The first-order valence-corrected chi connectivity index (χ1v) is 5.41. The zero-order valence-electron chi connectivity index (χ0n) is 8.98. The molecule has 1 aliphatic rings. The van der Waals surface area contributed by atoms with Crippen molar-refractivity contribution in [2.24, 2.45) is 5.92 Å². The van der Waals surface area contributed by atoms with Crippen molar-refractivity contribution in [2.75, 3.05) is 25.1 Å². The van der Waals surface area contributed by atoms with Gasteiger partial charge in [-0.2, -0.15) is 0 Å². The largest absolute Gasteiger partial charge is 0.478 e. The smallest absolute Gasteiger partial charge is 0.337 e. The second-order valence-corrected chi connectivity index (χ2v) is 3.96. The first-order chi connectivity index (χ1) is 7.77. The minimum atomic E-state index is -0.897. The second-order valence-electron chi connectivity index (χ2n) is 3.96. The summed E-state index contributed by atoms with van der Waals surface area (Å²) in [5.41, 5.74) is 1.00. The quantitative estimate of drug-likeness (QED) is 0.814. The average Bonchev–Trinajstić information content (AvgIpc) is 2.79. The van der Waals surface area contributed by atoms with Crippen LogP contribution in [-0.2, 0) is 4.74 Å². The molecule has 0 amide bonds. The van der Waals surface area contributed by atoms with E-state index in [-0.39, 0.29) is 0 Å². The maximum Gasteiger partial charge on any atom is 0.337 e. The van der Waals surface area contributed by atoms with Gasteiger partial charge in [0.2, 0.25) is 0 Å². The maximum atomic E-state index is 11.0. The standard InChI is InChI=1S/C12H15NO3/c14-12(15)10-3-1-2-4-11(10)13-7-9-5-6-16-8-9/h1-4,9,13H,5-8H2,(H,14,15). The van der Waals surface area contributed by atoms with Crippen LogP contribution >= 0.6 is 0 Å². The Balaban J connectivity index is 2.00. The van der Waals surface area contributed by atoms with Crippen LogP contribution < -0.4 is 5.32 Å². The first kappa shape index (κ1) is 11.0. The zero-order valence-corrected chi connectivity index (χ0v) is 8.98. The monoisotopic (exact) mass is 221 g/mol. The summed E-state index contributed by atoms with van der Waals surface area (Å²) in [4.78, 5) is 11.0. The molecule has 0 spiro atoms. The van der Waals surface area contributed by atoms with E-state index in [1.54, 1.807) is 18.2 Å². The van der Waals surface area contributed by atoms with Crippen molar-refractivity contribution < 1.29 is 14.6 Å². The molecule has 4 heteroatoms. The van der Waals surface area contributed by atoms with Crippen molar-refractivity contribution >= 4 is 11.7 Å². The van der Waals surface area contributed by atoms with Crippen LogP contribution in [0.4, 0.5) is 5.69 Å². The molecule has 1 fully saturated rings. The van der Waals surface area contributed by atoms with Crippen molar-refractivity contribution in [2.45, 2.75) is 6.42 Å². The van der Waals surface area contributed by atoms with Gasteiger partial charge in [-0.1, -0.05) is 12.1 Å². The first-order valence-electron chi connectivity index (χ1n) is 5.41. The summed E-state index contributed by atoms with van der Waals surface area (Å²) in [6.07, 6.45) is 1.04. The number of ether oxygens (including phenoxy) is 1. The molecule has 2 N–H and O–H groups in total. The predicted molar refractivity (Wildman–Crippen MR) is 60.8 cm³/mol. The summed E-state index contributed by atoms with van der Waals surface area (Å²) in [6.45, 7) is 2.35. The molecule has 0 bridgehead atoms. The molecule has 16 heavy (non-hydrogen) atoms. The Morgan fingerprint density at radius 3 is 3.00 bits per heavy atom. The van der Waals surface area contributed by atoms with E-state index >= 15 is 0 Å². The van der Waals surface area contributed by atoms with Gasteiger partial charge in [0, 0.05) is 24.8 Å². The molecule has 0 radical (unpaired) electrons. The number of rotatable bonds is 4. The van der Waals surface area contributed by atoms with E-state index < -0.39 is 5.97 Å². The van der Waals surface area contributed by atoms with E-state index in [0.29, 0.717) is 17.2 Å². The summed E-state index contributed by atoms with van der Waals surface area (Å²) in [7, 11) is 0. The highest BCUT2D eigenvalue weighted by Gasteiger charge is 2.16. The lowest BCUT2D eigenvalue weighted by Crippen LogP contribution is -2.15. The number of nitrogens with one attached hydrogen (secondary N) is 1. The van der Waals surface area contributed by atoms with Gasteiger partial charge in [0.25, 0.3) is 0 Å². The molecule has 0 aromatic heterocycles. The van der Waals surface area contributed by atoms with E-state index in [9.17, 15) is 4.79 Å². The minimum Gasteiger partial charge on any atom is -0.478 e. The van der Waals surface area contributed by atoms with Crippen LogP contribution in [0, 0.1) is 5.92 Å². The molecule has 0 saturated carbocycles. The highest BCUT2D eigenvalue weighted by atomic mass is 16.5.